The predicted molar refractivity (Wildman–Crippen MR) is 60.1 cm³/mol. The standard InChI is InChI=1S/C13H9NO2/c15-11-7-9-6-5-8-3-1-2-4-10(8)12(9)13(16)14-11/h1-6H,7H2,(H,14,15,16). The van der Waals surface area contributed by atoms with Crippen molar-refractivity contribution in [3.8, 4) is 0 Å². The van der Waals surface area contributed by atoms with Crippen molar-refractivity contribution in [1.29, 1.82) is 0 Å². The lowest BCUT2D eigenvalue weighted by atomic mass is 9.94. The summed E-state index contributed by atoms with van der Waals surface area (Å²) >= 11 is 0. The van der Waals surface area contributed by atoms with Crippen LogP contribution in [0.1, 0.15) is 15.9 Å². The average Bonchev–Trinajstić information content (AvgIpc) is 2.28. The van der Waals surface area contributed by atoms with E-state index in [2.05, 4.69) is 5.32 Å². The first-order chi connectivity index (χ1) is 7.75. The van der Waals surface area contributed by atoms with E-state index in [0.29, 0.717) is 5.56 Å². The summed E-state index contributed by atoms with van der Waals surface area (Å²) in [6.45, 7) is 0. The third-order valence-corrected chi connectivity index (χ3v) is 2.85. The molecule has 0 aromatic heterocycles. The van der Waals surface area contributed by atoms with Crippen molar-refractivity contribution < 1.29 is 9.59 Å². The number of nitrogens with one attached hydrogen (secondary N) is 1. The van der Waals surface area contributed by atoms with Gasteiger partial charge in [0.25, 0.3) is 5.91 Å². The first-order valence-corrected chi connectivity index (χ1v) is 5.10. The van der Waals surface area contributed by atoms with Crippen molar-refractivity contribution in [3.05, 3.63) is 47.5 Å². The normalized spacial score (nSPS) is 14.8. The number of fused-ring (bicyclic) bond motifs is 3. The maximum absolute atomic E-state index is 11.8. The van der Waals surface area contributed by atoms with E-state index in [0.717, 1.165) is 16.3 Å². The number of hydrogen-bond donors (Lipinski definition) is 1. The van der Waals surface area contributed by atoms with E-state index in [-0.39, 0.29) is 18.2 Å². The molecule has 0 fully saturated rings. The van der Waals surface area contributed by atoms with Gasteiger partial charge < -0.3 is 0 Å². The van der Waals surface area contributed by atoms with E-state index in [1.165, 1.54) is 0 Å². The molecule has 1 aliphatic rings. The van der Waals surface area contributed by atoms with Gasteiger partial charge in [-0.25, -0.2) is 0 Å². The zero-order chi connectivity index (χ0) is 11.1. The number of benzene rings is 2. The van der Waals surface area contributed by atoms with E-state index >= 15 is 0 Å². The smallest absolute Gasteiger partial charge is 0.258 e. The molecule has 0 bridgehead atoms. The molecule has 0 aliphatic carbocycles. The van der Waals surface area contributed by atoms with Crippen LogP contribution >= 0.6 is 0 Å². The Hall–Kier alpha value is -2.16. The lowest BCUT2D eigenvalue weighted by Crippen LogP contribution is -2.37. The van der Waals surface area contributed by atoms with Gasteiger partial charge in [0.05, 0.1) is 12.0 Å². The van der Waals surface area contributed by atoms with Crippen molar-refractivity contribution in [2.45, 2.75) is 6.42 Å². The van der Waals surface area contributed by atoms with Gasteiger partial charge in [-0.05, 0) is 16.3 Å². The molecule has 0 atom stereocenters. The molecule has 0 saturated heterocycles. The molecule has 3 nitrogen and oxygen atoms in total. The summed E-state index contributed by atoms with van der Waals surface area (Å²) in [5, 5.41) is 4.28. The molecule has 1 heterocycles. The Kier molecular flexibility index (Phi) is 1.80. The summed E-state index contributed by atoms with van der Waals surface area (Å²) in [4.78, 5) is 23.0. The van der Waals surface area contributed by atoms with E-state index in [1.807, 2.05) is 36.4 Å². The minimum absolute atomic E-state index is 0.229. The third-order valence-electron chi connectivity index (χ3n) is 2.85. The molecule has 0 spiro atoms. The Labute approximate surface area is 92.1 Å². The molecular formula is C13H9NO2. The fraction of sp³-hybridized carbons (Fsp3) is 0.0769. The number of imide groups is 1. The average molecular weight is 211 g/mol. The Bertz CT molecular complexity index is 616. The van der Waals surface area contributed by atoms with Crippen molar-refractivity contribution >= 4 is 22.6 Å². The monoisotopic (exact) mass is 211 g/mol. The number of amides is 2. The largest absolute Gasteiger partial charge is 0.292 e. The van der Waals surface area contributed by atoms with Crippen LogP contribution in [0.4, 0.5) is 0 Å². The number of rotatable bonds is 0. The summed E-state index contributed by atoms with van der Waals surface area (Å²) in [5.74, 6) is -0.518. The van der Waals surface area contributed by atoms with Gasteiger partial charge >= 0.3 is 0 Å². The van der Waals surface area contributed by atoms with Gasteiger partial charge in [0, 0.05) is 0 Å². The Morgan fingerprint density at radius 1 is 1.00 bits per heavy atom. The second-order valence-corrected chi connectivity index (χ2v) is 3.87. The number of carbonyl (C=O) groups is 2. The Morgan fingerprint density at radius 3 is 2.69 bits per heavy atom. The van der Waals surface area contributed by atoms with Crippen LogP contribution in [0.15, 0.2) is 36.4 Å². The minimum Gasteiger partial charge on any atom is -0.292 e. The highest BCUT2D eigenvalue weighted by Crippen LogP contribution is 2.24. The van der Waals surface area contributed by atoms with Gasteiger partial charge in [-0.15, -0.1) is 0 Å². The summed E-state index contributed by atoms with van der Waals surface area (Å²) in [5.41, 5.74) is 1.45. The molecule has 78 valence electrons. The van der Waals surface area contributed by atoms with Gasteiger partial charge in [-0.2, -0.15) is 0 Å². The second-order valence-electron chi connectivity index (χ2n) is 3.87. The molecule has 2 amide bonds. The van der Waals surface area contributed by atoms with Crippen molar-refractivity contribution in [2.24, 2.45) is 0 Å². The second kappa shape index (κ2) is 3.17. The van der Waals surface area contributed by atoms with Gasteiger partial charge in [0.15, 0.2) is 0 Å². The van der Waals surface area contributed by atoms with Crippen LogP contribution in [0.3, 0.4) is 0 Å². The summed E-state index contributed by atoms with van der Waals surface area (Å²) in [7, 11) is 0. The SMILES string of the molecule is O=C1Cc2ccc3ccccc3c2C(=O)N1. The minimum atomic E-state index is -0.289. The highest BCUT2D eigenvalue weighted by atomic mass is 16.2. The summed E-state index contributed by atoms with van der Waals surface area (Å²) in [6.07, 6.45) is 0.284. The quantitative estimate of drug-likeness (QED) is 0.673. The number of carbonyl (C=O) groups excluding carboxylic acids is 2. The van der Waals surface area contributed by atoms with E-state index in [4.69, 9.17) is 0 Å². The highest BCUT2D eigenvalue weighted by molar-refractivity contribution is 6.16. The van der Waals surface area contributed by atoms with Crippen LogP contribution in [-0.4, -0.2) is 11.8 Å². The molecule has 0 saturated carbocycles. The molecule has 1 aliphatic heterocycles. The van der Waals surface area contributed by atoms with Crippen molar-refractivity contribution in [2.75, 3.05) is 0 Å². The first-order valence-electron chi connectivity index (χ1n) is 5.10. The number of hydrogen-bond acceptors (Lipinski definition) is 2. The van der Waals surface area contributed by atoms with E-state index in [9.17, 15) is 9.59 Å². The van der Waals surface area contributed by atoms with Gasteiger partial charge in [-0.1, -0.05) is 36.4 Å². The predicted octanol–water partition coefficient (Wildman–Crippen LogP) is 1.65. The van der Waals surface area contributed by atoms with Gasteiger partial charge in [-0.3, -0.25) is 14.9 Å². The molecule has 3 heteroatoms. The summed E-state index contributed by atoms with van der Waals surface area (Å²) < 4.78 is 0. The molecule has 0 radical (unpaired) electrons. The fourth-order valence-electron chi connectivity index (χ4n) is 2.14. The topological polar surface area (TPSA) is 46.2 Å². The molecule has 0 unspecified atom stereocenters. The van der Waals surface area contributed by atoms with Crippen LogP contribution in [-0.2, 0) is 11.2 Å². The van der Waals surface area contributed by atoms with Crippen molar-refractivity contribution in [1.82, 2.24) is 5.32 Å². The Balaban J connectivity index is 2.38. The Morgan fingerprint density at radius 2 is 1.81 bits per heavy atom. The van der Waals surface area contributed by atoms with Crippen LogP contribution in [0.5, 0.6) is 0 Å². The van der Waals surface area contributed by atoms with Crippen LogP contribution < -0.4 is 5.32 Å². The maximum atomic E-state index is 11.8. The maximum Gasteiger partial charge on any atom is 0.258 e. The van der Waals surface area contributed by atoms with Gasteiger partial charge in [0.1, 0.15) is 0 Å². The van der Waals surface area contributed by atoms with Crippen LogP contribution in [0.2, 0.25) is 0 Å². The zero-order valence-electron chi connectivity index (χ0n) is 8.49. The fourth-order valence-corrected chi connectivity index (χ4v) is 2.14. The van der Waals surface area contributed by atoms with Crippen LogP contribution in [0.25, 0.3) is 10.8 Å². The van der Waals surface area contributed by atoms with E-state index < -0.39 is 0 Å². The van der Waals surface area contributed by atoms with Crippen LogP contribution in [0, 0.1) is 0 Å². The summed E-state index contributed by atoms with van der Waals surface area (Å²) in [6, 6.07) is 11.5. The lowest BCUT2D eigenvalue weighted by molar-refractivity contribution is -0.119. The third kappa shape index (κ3) is 1.21. The molecule has 3 rings (SSSR count). The lowest BCUT2D eigenvalue weighted by Gasteiger charge is -2.17. The first kappa shape index (κ1) is 9.09. The molecule has 2 aromatic carbocycles. The molecule has 1 N–H and O–H groups in total. The van der Waals surface area contributed by atoms with Crippen molar-refractivity contribution in [3.63, 3.8) is 0 Å². The molecule has 16 heavy (non-hydrogen) atoms. The van der Waals surface area contributed by atoms with Gasteiger partial charge in [0.2, 0.25) is 5.91 Å². The highest BCUT2D eigenvalue weighted by Gasteiger charge is 2.23. The van der Waals surface area contributed by atoms with E-state index in [1.54, 1.807) is 0 Å². The molecular weight excluding hydrogens is 202 g/mol. The molecule has 2 aromatic rings. The zero-order valence-corrected chi connectivity index (χ0v) is 8.49.